The predicted octanol–water partition coefficient (Wildman–Crippen LogP) is 4.20. The second-order valence-electron chi connectivity index (χ2n) is 4.54. The van der Waals surface area contributed by atoms with Gasteiger partial charge in [-0.25, -0.2) is 0 Å². The van der Waals surface area contributed by atoms with E-state index in [0.29, 0.717) is 5.02 Å². The number of pyridine rings is 1. The third kappa shape index (κ3) is 3.69. The Balaban J connectivity index is 2.26. The van der Waals surface area contributed by atoms with Crippen LogP contribution >= 0.6 is 23.2 Å². The van der Waals surface area contributed by atoms with Crippen LogP contribution in [0.15, 0.2) is 36.5 Å². The number of nitrogens with zero attached hydrogens (tertiary/aromatic N) is 1. The Morgan fingerprint density at radius 2 is 2.00 bits per heavy atom. The number of rotatable bonds is 4. The lowest BCUT2D eigenvalue weighted by Crippen LogP contribution is -2.20. The molecule has 0 aliphatic carbocycles. The highest BCUT2D eigenvalue weighted by Crippen LogP contribution is 2.25. The second kappa shape index (κ2) is 6.38. The zero-order valence-electron chi connectivity index (χ0n) is 11.0. The van der Waals surface area contributed by atoms with Gasteiger partial charge in [-0.2, -0.15) is 0 Å². The summed E-state index contributed by atoms with van der Waals surface area (Å²) in [6.45, 7) is 2.06. The van der Waals surface area contributed by atoms with Gasteiger partial charge in [-0.3, -0.25) is 4.98 Å². The molecule has 0 saturated heterocycles. The topological polar surface area (TPSA) is 24.9 Å². The van der Waals surface area contributed by atoms with Crippen molar-refractivity contribution in [2.45, 2.75) is 19.4 Å². The van der Waals surface area contributed by atoms with Crippen LogP contribution in [0.4, 0.5) is 0 Å². The molecule has 100 valence electrons. The van der Waals surface area contributed by atoms with E-state index in [1.807, 2.05) is 31.4 Å². The molecule has 1 heterocycles. The molecule has 19 heavy (non-hydrogen) atoms. The van der Waals surface area contributed by atoms with Gasteiger partial charge in [0, 0.05) is 16.2 Å². The van der Waals surface area contributed by atoms with E-state index >= 15 is 0 Å². The van der Waals surface area contributed by atoms with Crippen molar-refractivity contribution in [3.63, 3.8) is 0 Å². The van der Waals surface area contributed by atoms with Crippen molar-refractivity contribution >= 4 is 23.2 Å². The van der Waals surface area contributed by atoms with Crippen LogP contribution in [0.1, 0.15) is 22.9 Å². The minimum absolute atomic E-state index is 0.121. The van der Waals surface area contributed by atoms with Crippen LogP contribution in [0.25, 0.3) is 0 Å². The van der Waals surface area contributed by atoms with Gasteiger partial charge in [0.25, 0.3) is 0 Å². The van der Waals surface area contributed by atoms with E-state index in [0.717, 1.165) is 22.7 Å². The monoisotopic (exact) mass is 294 g/mol. The van der Waals surface area contributed by atoms with E-state index in [4.69, 9.17) is 23.2 Å². The number of benzene rings is 1. The molecule has 0 radical (unpaired) electrons. The summed E-state index contributed by atoms with van der Waals surface area (Å²) >= 11 is 12.2. The molecule has 1 aromatic carbocycles. The maximum atomic E-state index is 6.21. The largest absolute Gasteiger partial charge is 0.311 e. The molecular formula is C15H16Cl2N2. The lowest BCUT2D eigenvalue weighted by atomic mass is 10.0. The van der Waals surface area contributed by atoms with Crippen LogP contribution in [0, 0.1) is 6.92 Å². The highest BCUT2D eigenvalue weighted by Gasteiger charge is 2.14. The van der Waals surface area contributed by atoms with Crippen molar-refractivity contribution in [3.05, 3.63) is 63.4 Å². The summed E-state index contributed by atoms with van der Waals surface area (Å²) in [5, 5.41) is 4.71. The van der Waals surface area contributed by atoms with E-state index in [2.05, 4.69) is 23.3 Å². The van der Waals surface area contributed by atoms with Crippen LogP contribution in [0.2, 0.25) is 10.0 Å². The van der Waals surface area contributed by atoms with E-state index in [-0.39, 0.29) is 6.04 Å². The third-order valence-corrected chi connectivity index (χ3v) is 3.68. The van der Waals surface area contributed by atoms with Crippen LogP contribution in [0.5, 0.6) is 0 Å². The Morgan fingerprint density at radius 3 is 2.68 bits per heavy atom. The van der Waals surface area contributed by atoms with Crippen molar-refractivity contribution < 1.29 is 0 Å². The number of likely N-dealkylation sites (N-methyl/N-ethyl adjacent to an activating group) is 1. The van der Waals surface area contributed by atoms with Gasteiger partial charge >= 0.3 is 0 Å². The minimum atomic E-state index is 0.121. The molecule has 0 aliphatic heterocycles. The van der Waals surface area contributed by atoms with Crippen LogP contribution in [-0.4, -0.2) is 12.0 Å². The zero-order valence-corrected chi connectivity index (χ0v) is 12.5. The lowest BCUT2D eigenvalue weighted by molar-refractivity contribution is 0.575. The second-order valence-corrected chi connectivity index (χ2v) is 5.38. The first kappa shape index (κ1) is 14.3. The molecule has 0 saturated carbocycles. The first-order valence-corrected chi connectivity index (χ1v) is 6.89. The molecule has 1 aromatic heterocycles. The minimum Gasteiger partial charge on any atom is -0.311 e. The van der Waals surface area contributed by atoms with Crippen molar-refractivity contribution in [1.82, 2.24) is 10.3 Å². The average Bonchev–Trinajstić information content (AvgIpc) is 2.39. The summed E-state index contributed by atoms with van der Waals surface area (Å²) < 4.78 is 0. The molecule has 0 aliphatic rings. The number of hydrogen-bond acceptors (Lipinski definition) is 2. The predicted molar refractivity (Wildman–Crippen MR) is 80.9 cm³/mol. The zero-order chi connectivity index (χ0) is 13.8. The Hall–Kier alpha value is -1.09. The fourth-order valence-electron chi connectivity index (χ4n) is 2.02. The Kier molecular flexibility index (Phi) is 4.81. The Morgan fingerprint density at radius 1 is 1.21 bits per heavy atom. The van der Waals surface area contributed by atoms with Crippen molar-refractivity contribution in [2.24, 2.45) is 0 Å². The maximum absolute atomic E-state index is 6.21. The molecule has 1 N–H and O–H groups in total. The Labute approximate surface area is 123 Å². The molecule has 4 heteroatoms. The highest BCUT2D eigenvalue weighted by molar-refractivity contribution is 6.33. The fraction of sp³-hybridized carbons (Fsp3) is 0.267. The first-order chi connectivity index (χ1) is 9.10. The van der Waals surface area contributed by atoms with Gasteiger partial charge < -0.3 is 5.32 Å². The number of hydrogen-bond donors (Lipinski definition) is 1. The molecule has 0 fully saturated rings. The number of halogens is 2. The first-order valence-electron chi connectivity index (χ1n) is 6.14. The molecule has 1 atom stereocenters. The summed E-state index contributed by atoms with van der Waals surface area (Å²) in [7, 11) is 1.92. The van der Waals surface area contributed by atoms with Crippen molar-refractivity contribution in [2.75, 3.05) is 7.05 Å². The van der Waals surface area contributed by atoms with Gasteiger partial charge in [0.15, 0.2) is 0 Å². The third-order valence-electron chi connectivity index (χ3n) is 3.07. The van der Waals surface area contributed by atoms with Crippen LogP contribution in [0.3, 0.4) is 0 Å². The summed E-state index contributed by atoms with van der Waals surface area (Å²) in [6.07, 6.45) is 2.58. The quantitative estimate of drug-likeness (QED) is 0.914. The molecule has 1 unspecified atom stereocenters. The molecular weight excluding hydrogens is 279 g/mol. The van der Waals surface area contributed by atoms with E-state index in [1.165, 1.54) is 5.56 Å². The highest BCUT2D eigenvalue weighted by atomic mass is 35.5. The van der Waals surface area contributed by atoms with Gasteiger partial charge in [-0.15, -0.1) is 0 Å². The van der Waals surface area contributed by atoms with E-state index in [1.54, 1.807) is 6.07 Å². The summed E-state index contributed by atoms with van der Waals surface area (Å²) in [4.78, 5) is 4.42. The van der Waals surface area contributed by atoms with Crippen LogP contribution in [-0.2, 0) is 6.42 Å². The fourth-order valence-corrected chi connectivity index (χ4v) is 2.41. The standard InChI is InChI=1S/C15H16Cl2N2/c1-10-5-6-19-15(7-10)14(18-2)9-11-8-12(16)3-4-13(11)17/h3-8,14,18H,9H2,1-2H3. The molecule has 0 amide bonds. The van der Waals surface area contributed by atoms with Crippen molar-refractivity contribution in [3.8, 4) is 0 Å². The number of aromatic nitrogens is 1. The number of aryl methyl sites for hydroxylation is 1. The smallest absolute Gasteiger partial charge is 0.0579 e. The molecule has 0 bridgehead atoms. The van der Waals surface area contributed by atoms with E-state index < -0.39 is 0 Å². The SMILES string of the molecule is CNC(Cc1cc(Cl)ccc1Cl)c1cc(C)ccn1. The van der Waals surface area contributed by atoms with Gasteiger partial charge in [0.1, 0.15) is 0 Å². The van der Waals surface area contributed by atoms with Gasteiger partial charge in [-0.05, 0) is 61.9 Å². The van der Waals surface area contributed by atoms with Gasteiger partial charge in [0.2, 0.25) is 0 Å². The molecule has 2 rings (SSSR count). The summed E-state index contributed by atoms with van der Waals surface area (Å²) in [5.41, 5.74) is 3.23. The van der Waals surface area contributed by atoms with Crippen molar-refractivity contribution in [1.29, 1.82) is 0 Å². The lowest BCUT2D eigenvalue weighted by Gasteiger charge is -2.17. The van der Waals surface area contributed by atoms with Crippen LogP contribution < -0.4 is 5.32 Å². The number of nitrogens with one attached hydrogen (secondary N) is 1. The summed E-state index contributed by atoms with van der Waals surface area (Å²) in [5.74, 6) is 0. The molecule has 2 nitrogen and oxygen atoms in total. The van der Waals surface area contributed by atoms with Gasteiger partial charge in [0.05, 0.1) is 11.7 Å². The maximum Gasteiger partial charge on any atom is 0.0579 e. The average molecular weight is 295 g/mol. The Bertz CT molecular complexity index is 570. The summed E-state index contributed by atoms with van der Waals surface area (Å²) in [6, 6.07) is 9.73. The molecule has 0 spiro atoms. The van der Waals surface area contributed by atoms with E-state index in [9.17, 15) is 0 Å². The van der Waals surface area contributed by atoms with Gasteiger partial charge in [-0.1, -0.05) is 23.2 Å². The molecule has 2 aromatic rings. The normalized spacial score (nSPS) is 12.4.